The number of thiophene rings is 1. The fourth-order valence-corrected chi connectivity index (χ4v) is 4.32. The molecule has 1 amide bonds. The summed E-state index contributed by atoms with van der Waals surface area (Å²) in [6, 6.07) is 18.2. The van der Waals surface area contributed by atoms with Crippen molar-refractivity contribution in [1.82, 2.24) is 15.5 Å². The van der Waals surface area contributed by atoms with Crippen LogP contribution in [0.2, 0.25) is 0 Å². The number of anilines is 1. The summed E-state index contributed by atoms with van der Waals surface area (Å²) in [6.45, 7) is 0.110. The third kappa shape index (κ3) is 4.56. The highest BCUT2D eigenvalue weighted by atomic mass is 32.2. The number of carbonyl (C=O) groups excluding carboxylic acids is 1. The number of nitrogens with zero attached hydrogens (tertiary/aromatic N) is 2. The Hall–Kier alpha value is -3.50. The molecule has 2 aromatic carbocycles. The molecule has 10 heteroatoms. The van der Waals surface area contributed by atoms with Gasteiger partial charge in [0, 0.05) is 11.3 Å². The van der Waals surface area contributed by atoms with Crippen molar-refractivity contribution < 1.29 is 17.7 Å². The van der Waals surface area contributed by atoms with Gasteiger partial charge in [-0.15, -0.1) is 11.3 Å². The molecule has 152 valence electrons. The third-order valence-electron chi connectivity index (χ3n) is 4.06. The fraction of sp³-hybridized carbons (Fsp3) is 0.0500. The zero-order valence-corrected chi connectivity index (χ0v) is 17.1. The first-order valence-corrected chi connectivity index (χ1v) is 11.2. The molecule has 2 N–H and O–H groups in total. The summed E-state index contributed by atoms with van der Waals surface area (Å²) in [5.41, 5.74) is 1.06. The van der Waals surface area contributed by atoms with Crippen molar-refractivity contribution in [3.05, 3.63) is 82.9 Å². The summed E-state index contributed by atoms with van der Waals surface area (Å²) in [6.07, 6.45) is 0. The Kier molecular flexibility index (Phi) is 5.59. The van der Waals surface area contributed by atoms with Crippen molar-refractivity contribution in [3.63, 3.8) is 0 Å². The molecule has 0 aliphatic heterocycles. The first-order chi connectivity index (χ1) is 14.5. The van der Waals surface area contributed by atoms with Crippen LogP contribution >= 0.6 is 11.3 Å². The average Bonchev–Trinajstić information content (AvgIpc) is 3.45. The van der Waals surface area contributed by atoms with Crippen LogP contribution in [-0.2, 0) is 16.6 Å². The van der Waals surface area contributed by atoms with E-state index in [1.165, 1.54) is 23.5 Å². The molecule has 0 saturated heterocycles. The second-order valence-corrected chi connectivity index (χ2v) is 8.80. The van der Waals surface area contributed by atoms with Crippen LogP contribution in [0.15, 0.2) is 81.5 Å². The predicted octanol–water partition coefficient (Wildman–Crippen LogP) is 3.53. The van der Waals surface area contributed by atoms with E-state index >= 15 is 0 Å². The Morgan fingerprint density at radius 2 is 1.77 bits per heavy atom. The number of carbonyl (C=O) groups is 1. The molecule has 0 bridgehead atoms. The first-order valence-electron chi connectivity index (χ1n) is 8.84. The molecule has 0 radical (unpaired) electrons. The topological polar surface area (TPSA) is 114 Å². The largest absolute Gasteiger partial charge is 0.342 e. The van der Waals surface area contributed by atoms with E-state index < -0.39 is 10.0 Å². The summed E-state index contributed by atoms with van der Waals surface area (Å²) in [5, 5.41) is 8.44. The van der Waals surface area contributed by atoms with E-state index in [9.17, 15) is 13.2 Å². The summed E-state index contributed by atoms with van der Waals surface area (Å²) in [5.74, 6) is 0.399. The number of amides is 1. The number of hydrogen-bond acceptors (Lipinski definition) is 7. The van der Waals surface area contributed by atoms with Crippen molar-refractivity contribution in [2.75, 3.05) is 4.72 Å². The minimum absolute atomic E-state index is 0.110. The summed E-state index contributed by atoms with van der Waals surface area (Å²) < 4.78 is 32.5. The summed E-state index contributed by atoms with van der Waals surface area (Å²) in [4.78, 5) is 17.0. The highest BCUT2D eigenvalue weighted by Crippen LogP contribution is 2.21. The molecule has 0 saturated carbocycles. The fourth-order valence-electron chi connectivity index (χ4n) is 2.60. The zero-order valence-electron chi connectivity index (χ0n) is 15.5. The van der Waals surface area contributed by atoms with Crippen LogP contribution in [0.3, 0.4) is 0 Å². The van der Waals surface area contributed by atoms with Crippen LogP contribution in [0.5, 0.6) is 0 Å². The molecule has 2 heterocycles. The lowest BCUT2D eigenvalue weighted by Crippen LogP contribution is -2.21. The molecule has 2 aromatic heterocycles. The predicted molar refractivity (Wildman–Crippen MR) is 112 cm³/mol. The van der Waals surface area contributed by atoms with Gasteiger partial charge in [0.25, 0.3) is 15.9 Å². The van der Waals surface area contributed by atoms with Crippen molar-refractivity contribution in [2.45, 2.75) is 11.4 Å². The molecule has 0 atom stereocenters. The number of benzene rings is 2. The zero-order chi connectivity index (χ0) is 21.0. The Labute approximate surface area is 176 Å². The first kappa shape index (κ1) is 19.8. The van der Waals surface area contributed by atoms with Crippen molar-refractivity contribution in [3.8, 4) is 11.4 Å². The number of sulfonamides is 1. The van der Waals surface area contributed by atoms with Crippen molar-refractivity contribution in [1.29, 1.82) is 0 Å². The average molecular weight is 441 g/mol. The molecule has 4 aromatic rings. The lowest BCUT2D eigenvalue weighted by molar-refractivity contribution is 0.0950. The SMILES string of the molecule is O=C(NCc1nc(-c2ccc(NS(=O)(=O)c3ccccc3)cc2)no1)c1cccs1. The van der Waals surface area contributed by atoms with Gasteiger partial charge in [-0.3, -0.25) is 9.52 Å². The lowest BCUT2D eigenvalue weighted by Gasteiger charge is -2.08. The third-order valence-corrected chi connectivity index (χ3v) is 6.33. The maximum Gasteiger partial charge on any atom is 0.261 e. The van der Waals surface area contributed by atoms with E-state index in [-0.39, 0.29) is 23.2 Å². The number of hydrogen-bond donors (Lipinski definition) is 2. The van der Waals surface area contributed by atoms with Gasteiger partial charge in [0.15, 0.2) is 0 Å². The van der Waals surface area contributed by atoms with Crippen molar-refractivity contribution >= 4 is 33.0 Å². The van der Waals surface area contributed by atoms with Gasteiger partial charge in [-0.25, -0.2) is 8.42 Å². The van der Waals surface area contributed by atoms with Crippen LogP contribution in [0, 0.1) is 0 Å². The Morgan fingerprint density at radius 1 is 1.00 bits per heavy atom. The van der Waals surface area contributed by atoms with Gasteiger partial charge in [-0.05, 0) is 47.8 Å². The van der Waals surface area contributed by atoms with E-state index in [1.54, 1.807) is 54.6 Å². The molecule has 0 aliphatic rings. The number of nitrogens with one attached hydrogen (secondary N) is 2. The van der Waals surface area contributed by atoms with Gasteiger partial charge in [0.1, 0.15) is 0 Å². The molecular formula is C20H16N4O4S2. The van der Waals surface area contributed by atoms with Gasteiger partial charge in [0.05, 0.1) is 16.3 Å². The van der Waals surface area contributed by atoms with Crippen LogP contribution in [0.1, 0.15) is 15.6 Å². The quantitative estimate of drug-likeness (QED) is 0.454. The molecule has 4 rings (SSSR count). The second kappa shape index (κ2) is 8.47. The second-order valence-electron chi connectivity index (χ2n) is 6.17. The highest BCUT2D eigenvalue weighted by molar-refractivity contribution is 7.92. The Bertz CT molecular complexity index is 1240. The van der Waals surface area contributed by atoms with E-state index in [4.69, 9.17) is 4.52 Å². The van der Waals surface area contributed by atoms with E-state index in [1.807, 2.05) is 5.38 Å². The summed E-state index contributed by atoms with van der Waals surface area (Å²) >= 11 is 1.34. The van der Waals surface area contributed by atoms with E-state index in [2.05, 4.69) is 20.2 Å². The van der Waals surface area contributed by atoms with E-state index in [0.29, 0.717) is 22.0 Å². The highest BCUT2D eigenvalue weighted by Gasteiger charge is 2.15. The molecular weight excluding hydrogens is 424 g/mol. The van der Waals surface area contributed by atoms with Crippen LogP contribution < -0.4 is 10.0 Å². The van der Waals surface area contributed by atoms with Crippen LogP contribution in [0.4, 0.5) is 5.69 Å². The number of aromatic nitrogens is 2. The lowest BCUT2D eigenvalue weighted by atomic mass is 10.2. The maximum atomic E-state index is 12.4. The van der Waals surface area contributed by atoms with E-state index in [0.717, 1.165) is 0 Å². The normalized spacial score (nSPS) is 11.2. The summed E-state index contributed by atoms with van der Waals surface area (Å²) in [7, 11) is -3.66. The Morgan fingerprint density at radius 3 is 2.47 bits per heavy atom. The van der Waals surface area contributed by atoms with Gasteiger partial charge in [-0.1, -0.05) is 29.4 Å². The van der Waals surface area contributed by atoms with Crippen LogP contribution in [0.25, 0.3) is 11.4 Å². The van der Waals surface area contributed by atoms with Gasteiger partial charge in [-0.2, -0.15) is 4.98 Å². The maximum absolute atomic E-state index is 12.4. The molecule has 0 spiro atoms. The van der Waals surface area contributed by atoms with Gasteiger partial charge < -0.3 is 9.84 Å². The smallest absolute Gasteiger partial charge is 0.261 e. The standard InChI is InChI=1S/C20H16N4O4S2/c25-20(17-7-4-12-29-17)21-13-18-22-19(23-28-18)14-8-10-15(11-9-14)24-30(26,27)16-5-2-1-3-6-16/h1-12,24H,13H2,(H,21,25). The monoisotopic (exact) mass is 440 g/mol. The van der Waals surface area contributed by atoms with Crippen LogP contribution in [-0.4, -0.2) is 24.5 Å². The Balaban J connectivity index is 1.40. The molecule has 0 fully saturated rings. The molecule has 0 unspecified atom stereocenters. The minimum atomic E-state index is -3.66. The van der Waals surface area contributed by atoms with Crippen molar-refractivity contribution in [2.24, 2.45) is 0 Å². The number of rotatable bonds is 7. The molecule has 8 nitrogen and oxygen atoms in total. The minimum Gasteiger partial charge on any atom is -0.342 e. The van der Waals surface area contributed by atoms with Gasteiger partial charge >= 0.3 is 0 Å². The molecule has 0 aliphatic carbocycles. The van der Waals surface area contributed by atoms with Gasteiger partial charge in [0.2, 0.25) is 11.7 Å². The molecule has 30 heavy (non-hydrogen) atoms.